The number of hydrogen-bond acceptors (Lipinski definition) is 4. The first-order chi connectivity index (χ1) is 14.4. The van der Waals surface area contributed by atoms with Crippen molar-refractivity contribution < 1.29 is 19.2 Å². The molecule has 0 spiro atoms. The fraction of sp³-hybridized carbons (Fsp3) is 0.800. The summed E-state index contributed by atoms with van der Waals surface area (Å²) in [6.07, 6.45) is 3.79. The molecule has 2 fully saturated rings. The van der Waals surface area contributed by atoms with E-state index in [9.17, 15) is 19.2 Å². The molecule has 2 saturated heterocycles. The number of amides is 6. The second-order valence-electron chi connectivity index (χ2n) is 7.86. The monoisotopic (exact) mass is 424 g/mol. The van der Waals surface area contributed by atoms with Gasteiger partial charge in [-0.05, 0) is 12.8 Å². The molecule has 0 radical (unpaired) electrons. The molecule has 30 heavy (non-hydrogen) atoms. The second-order valence-corrected chi connectivity index (χ2v) is 7.86. The Balaban J connectivity index is 1.44. The second kappa shape index (κ2) is 12.2. The molecule has 2 aliphatic rings. The minimum atomic E-state index is -0.0599. The van der Waals surface area contributed by atoms with Crippen molar-refractivity contribution in [2.24, 2.45) is 0 Å². The molecule has 10 heteroatoms. The van der Waals surface area contributed by atoms with Crippen molar-refractivity contribution in [3.63, 3.8) is 0 Å². The third-order valence-electron chi connectivity index (χ3n) is 5.68. The predicted octanol–water partition coefficient (Wildman–Crippen LogP) is 0.294. The molecule has 0 aliphatic carbocycles. The molecule has 0 aromatic carbocycles. The van der Waals surface area contributed by atoms with E-state index in [0.717, 1.165) is 25.7 Å². The van der Waals surface area contributed by atoms with Crippen molar-refractivity contribution in [1.29, 1.82) is 0 Å². The normalized spacial score (nSPS) is 17.0. The van der Waals surface area contributed by atoms with Gasteiger partial charge in [0.25, 0.3) is 0 Å². The lowest BCUT2D eigenvalue weighted by atomic mass is 10.2. The lowest BCUT2D eigenvalue weighted by Gasteiger charge is -2.34. The zero-order valence-electron chi connectivity index (χ0n) is 18.3. The Bertz CT molecular complexity index is 546. The van der Waals surface area contributed by atoms with Gasteiger partial charge in [0.05, 0.1) is 0 Å². The van der Waals surface area contributed by atoms with E-state index >= 15 is 0 Å². The summed E-state index contributed by atoms with van der Waals surface area (Å²) in [5, 5.41) is 5.88. The number of carbonyl (C=O) groups is 4. The van der Waals surface area contributed by atoms with Crippen LogP contribution >= 0.6 is 0 Å². The lowest BCUT2D eigenvalue weighted by molar-refractivity contribution is -0.131. The Labute approximate surface area is 178 Å². The zero-order valence-corrected chi connectivity index (χ0v) is 18.3. The van der Waals surface area contributed by atoms with Gasteiger partial charge in [-0.25, -0.2) is 9.59 Å². The molecule has 2 rings (SSSR count). The van der Waals surface area contributed by atoms with Gasteiger partial charge in [0.2, 0.25) is 11.8 Å². The highest BCUT2D eigenvalue weighted by Gasteiger charge is 2.22. The molecule has 0 atom stereocenters. The molecule has 0 aromatic rings. The zero-order chi connectivity index (χ0) is 21.9. The molecule has 6 amide bonds. The van der Waals surface area contributed by atoms with Crippen LogP contribution < -0.4 is 10.6 Å². The summed E-state index contributed by atoms with van der Waals surface area (Å²) in [4.78, 5) is 53.9. The Morgan fingerprint density at radius 1 is 0.533 bits per heavy atom. The highest BCUT2D eigenvalue weighted by molar-refractivity contribution is 5.76. The summed E-state index contributed by atoms with van der Waals surface area (Å²) in [5.74, 6) is 0.114. The van der Waals surface area contributed by atoms with E-state index in [-0.39, 0.29) is 23.9 Å². The van der Waals surface area contributed by atoms with E-state index in [1.807, 2.05) is 0 Å². The molecule has 0 bridgehead atoms. The van der Waals surface area contributed by atoms with Crippen LogP contribution in [0.4, 0.5) is 9.59 Å². The summed E-state index contributed by atoms with van der Waals surface area (Å²) < 4.78 is 0. The predicted molar refractivity (Wildman–Crippen MR) is 113 cm³/mol. The van der Waals surface area contributed by atoms with Crippen LogP contribution in [-0.4, -0.2) is 109 Å². The van der Waals surface area contributed by atoms with Gasteiger partial charge in [0.1, 0.15) is 0 Å². The minimum absolute atomic E-state index is 0.0572. The fourth-order valence-corrected chi connectivity index (χ4v) is 3.67. The Hall–Kier alpha value is -2.52. The number of hydrogen-bond donors (Lipinski definition) is 2. The average molecular weight is 425 g/mol. The van der Waals surface area contributed by atoms with Crippen molar-refractivity contribution in [3.8, 4) is 0 Å². The Morgan fingerprint density at radius 2 is 0.833 bits per heavy atom. The summed E-state index contributed by atoms with van der Waals surface area (Å²) >= 11 is 0. The van der Waals surface area contributed by atoms with Crippen LogP contribution in [0, 0.1) is 0 Å². The molecule has 10 nitrogen and oxygen atoms in total. The van der Waals surface area contributed by atoms with E-state index in [1.165, 1.54) is 0 Å². The average Bonchev–Trinajstić information content (AvgIpc) is 2.75. The van der Waals surface area contributed by atoms with Crippen molar-refractivity contribution in [2.45, 2.75) is 39.5 Å². The van der Waals surface area contributed by atoms with Crippen LogP contribution in [-0.2, 0) is 9.59 Å². The third-order valence-corrected chi connectivity index (χ3v) is 5.68. The van der Waals surface area contributed by atoms with Gasteiger partial charge in [0.15, 0.2) is 0 Å². The van der Waals surface area contributed by atoms with Crippen LogP contribution in [0.3, 0.4) is 0 Å². The molecular weight excluding hydrogens is 388 g/mol. The number of carbonyl (C=O) groups excluding carboxylic acids is 4. The molecule has 0 aromatic heterocycles. The maximum Gasteiger partial charge on any atom is 0.317 e. The van der Waals surface area contributed by atoms with Crippen LogP contribution in [0.5, 0.6) is 0 Å². The number of unbranched alkanes of at least 4 members (excludes halogenated alkanes) is 3. The summed E-state index contributed by atoms with van der Waals surface area (Å²) in [5.41, 5.74) is 0. The number of urea groups is 2. The van der Waals surface area contributed by atoms with Gasteiger partial charge in [-0.15, -0.1) is 0 Å². The van der Waals surface area contributed by atoms with Crippen molar-refractivity contribution >= 4 is 23.9 Å². The smallest absolute Gasteiger partial charge is 0.317 e. The van der Waals surface area contributed by atoms with E-state index in [1.54, 1.807) is 33.4 Å². The molecule has 0 saturated carbocycles. The van der Waals surface area contributed by atoms with E-state index in [0.29, 0.717) is 65.4 Å². The van der Waals surface area contributed by atoms with Gasteiger partial charge in [-0.2, -0.15) is 0 Å². The molecular formula is C20H36N6O4. The van der Waals surface area contributed by atoms with E-state index < -0.39 is 0 Å². The molecule has 170 valence electrons. The molecule has 2 heterocycles. The maximum atomic E-state index is 12.1. The first-order valence-electron chi connectivity index (χ1n) is 10.9. The first-order valence-corrected chi connectivity index (χ1v) is 10.9. The van der Waals surface area contributed by atoms with Crippen molar-refractivity contribution in [1.82, 2.24) is 30.2 Å². The maximum absolute atomic E-state index is 12.1. The van der Waals surface area contributed by atoms with E-state index in [4.69, 9.17) is 0 Å². The number of piperazine rings is 2. The Kier molecular flexibility index (Phi) is 9.69. The van der Waals surface area contributed by atoms with Gasteiger partial charge >= 0.3 is 12.1 Å². The van der Waals surface area contributed by atoms with Crippen LogP contribution in [0.1, 0.15) is 39.5 Å². The number of rotatable bonds is 7. The number of nitrogens with one attached hydrogen (secondary N) is 2. The lowest BCUT2D eigenvalue weighted by Crippen LogP contribution is -2.52. The highest BCUT2D eigenvalue weighted by atomic mass is 16.2. The molecule has 0 unspecified atom stereocenters. The Morgan fingerprint density at radius 3 is 1.13 bits per heavy atom. The van der Waals surface area contributed by atoms with Gasteiger partial charge in [-0.3, -0.25) is 9.59 Å². The standard InChI is InChI=1S/C20H36N6O4/c1-17(27)23-9-13-25(14-10-23)19(29)21-7-5-3-4-6-8-22-20(30)26-15-11-24(12-16-26)18(2)28/h3-16H2,1-2H3,(H,21,29)(H,22,30). The van der Waals surface area contributed by atoms with Crippen molar-refractivity contribution in [2.75, 3.05) is 65.4 Å². The minimum Gasteiger partial charge on any atom is -0.339 e. The number of nitrogens with zero attached hydrogens (tertiary/aromatic N) is 4. The van der Waals surface area contributed by atoms with Gasteiger partial charge < -0.3 is 30.2 Å². The molecule has 2 N–H and O–H groups in total. The van der Waals surface area contributed by atoms with Crippen molar-refractivity contribution in [3.05, 3.63) is 0 Å². The summed E-state index contributed by atoms with van der Waals surface area (Å²) in [6.45, 7) is 9.09. The van der Waals surface area contributed by atoms with E-state index in [2.05, 4.69) is 10.6 Å². The summed E-state index contributed by atoms with van der Waals surface area (Å²) in [7, 11) is 0. The van der Waals surface area contributed by atoms with Crippen LogP contribution in [0.2, 0.25) is 0 Å². The summed E-state index contributed by atoms with van der Waals surface area (Å²) in [6, 6.07) is -0.120. The molecule has 2 aliphatic heterocycles. The van der Waals surface area contributed by atoms with Crippen LogP contribution in [0.15, 0.2) is 0 Å². The SMILES string of the molecule is CC(=O)N1CCN(C(=O)NCCCCCCNC(=O)N2CCN(C(C)=O)CC2)CC1. The van der Waals surface area contributed by atoms with Crippen LogP contribution in [0.25, 0.3) is 0 Å². The fourth-order valence-electron chi connectivity index (χ4n) is 3.67. The first kappa shape index (κ1) is 23.8. The topological polar surface area (TPSA) is 105 Å². The van der Waals surface area contributed by atoms with Gasteiger partial charge in [0, 0.05) is 79.3 Å². The third kappa shape index (κ3) is 7.72. The van der Waals surface area contributed by atoms with Gasteiger partial charge in [-0.1, -0.05) is 12.8 Å². The largest absolute Gasteiger partial charge is 0.339 e. The quantitative estimate of drug-likeness (QED) is 0.573. The highest BCUT2D eigenvalue weighted by Crippen LogP contribution is 2.04.